The van der Waals surface area contributed by atoms with Gasteiger partial charge >= 0.3 is 6.18 Å². The van der Waals surface area contributed by atoms with Gasteiger partial charge in [-0.3, -0.25) is 0 Å². The smallest absolute Gasteiger partial charge is 0.362 e. The highest BCUT2D eigenvalue weighted by molar-refractivity contribution is 4.97. The van der Waals surface area contributed by atoms with Crippen LogP contribution in [0, 0.1) is 5.92 Å². The van der Waals surface area contributed by atoms with Gasteiger partial charge in [-0.05, 0) is 32.1 Å². The Morgan fingerprint density at radius 1 is 1.14 bits per heavy atom. The van der Waals surface area contributed by atoms with Gasteiger partial charge in [0.2, 0.25) is 0 Å². The highest BCUT2D eigenvalue weighted by atomic mass is 19.4. The molecular weight excluding hydrogens is 193 g/mol. The van der Waals surface area contributed by atoms with E-state index in [1.807, 2.05) is 13.8 Å². The Kier molecular flexibility index (Phi) is 3.14. The van der Waals surface area contributed by atoms with Crippen molar-refractivity contribution in [3.63, 3.8) is 0 Å². The van der Waals surface area contributed by atoms with Gasteiger partial charge in [-0.1, -0.05) is 13.8 Å². The normalized spacial score (nSPS) is 23.4. The molecule has 1 nitrogen and oxygen atoms in total. The van der Waals surface area contributed by atoms with Gasteiger partial charge in [0.15, 0.2) is 5.60 Å². The first-order valence-corrected chi connectivity index (χ1v) is 5.03. The predicted molar refractivity (Wildman–Crippen MR) is 48.0 cm³/mol. The van der Waals surface area contributed by atoms with Crippen LogP contribution in [-0.2, 0) is 4.74 Å². The summed E-state index contributed by atoms with van der Waals surface area (Å²) in [6, 6.07) is 0. The second kappa shape index (κ2) is 3.72. The molecule has 0 saturated heterocycles. The summed E-state index contributed by atoms with van der Waals surface area (Å²) in [5.41, 5.74) is -1.84. The van der Waals surface area contributed by atoms with E-state index >= 15 is 0 Å². The van der Waals surface area contributed by atoms with Gasteiger partial charge in [-0.25, -0.2) is 0 Å². The van der Waals surface area contributed by atoms with Crippen LogP contribution in [0.4, 0.5) is 13.2 Å². The zero-order valence-electron chi connectivity index (χ0n) is 8.82. The molecule has 0 bridgehead atoms. The van der Waals surface area contributed by atoms with Crippen LogP contribution in [0.2, 0.25) is 0 Å². The minimum atomic E-state index is -4.21. The average molecular weight is 210 g/mol. The number of hydrogen-bond acceptors (Lipinski definition) is 1. The molecular formula is C10H17F3O. The lowest BCUT2D eigenvalue weighted by Gasteiger charge is -2.45. The molecule has 1 aliphatic rings. The maximum Gasteiger partial charge on any atom is 0.417 e. The van der Waals surface area contributed by atoms with E-state index in [4.69, 9.17) is 4.74 Å². The van der Waals surface area contributed by atoms with Crippen molar-refractivity contribution in [3.8, 4) is 0 Å². The summed E-state index contributed by atoms with van der Waals surface area (Å²) in [6.45, 7) is 5.44. The quantitative estimate of drug-likeness (QED) is 0.692. The molecule has 84 valence electrons. The Morgan fingerprint density at radius 2 is 1.64 bits per heavy atom. The molecule has 1 atom stereocenters. The number of ether oxygens (including phenoxy) is 1. The Labute approximate surface area is 82.6 Å². The number of halogens is 3. The molecule has 0 radical (unpaired) electrons. The van der Waals surface area contributed by atoms with Crippen LogP contribution in [0.5, 0.6) is 0 Å². The van der Waals surface area contributed by atoms with Crippen molar-refractivity contribution < 1.29 is 17.9 Å². The van der Waals surface area contributed by atoms with Crippen molar-refractivity contribution in [3.05, 3.63) is 0 Å². The van der Waals surface area contributed by atoms with Gasteiger partial charge in [-0.2, -0.15) is 13.2 Å². The van der Waals surface area contributed by atoms with E-state index in [-0.39, 0.29) is 24.9 Å². The van der Waals surface area contributed by atoms with Crippen LogP contribution in [-0.4, -0.2) is 17.9 Å². The number of alkyl halides is 3. The second-order valence-corrected chi connectivity index (χ2v) is 4.41. The van der Waals surface area contributed by atoms with Crippen molar-refractivity contribution in [1.82, 2.24) is 0 Å². The Balaban J connectivity index is 2.63. The topological polar surface area (TPSA) is 9.23 Å². The summed E-state index contributed by atoms with van der Waals surface area (Å²) in [7, 11) is 0. The first-order valence-electron chi connectivity index (χ1n) is 5.03. The number of hydrogen-bond donors (Lipinski definition) is 0. The van der Waals surface area contributed by atoms with Crippen LogP contribution >= 0.6 is 0 Å². The minimum absolute atomic E-state index is 0.119. The molecule has 1 aliphatic carbocycles. The van der Waals surface area contributed by atoms with E-state index in [0.717, 1.165) is 0 Å². The summed E-state index contributed by atoms with van der Waals surface area (Å²) < 4.78 is 43.1. The molecule has 0 N–H and O–H groups in total. The molecule has 0 aromatic heterocycles. The maximum absolute atomic E-state index is 12.7. The highest BCUT2D eigenvalue weighted by Crippen LogP contribution is 2.49. The van der Waals surface area contributed by atoms with Crippen molar-refractivity contribution in [1.29, 1.82) is 0 Å². The first-order chi connectivity index (χ1) is 6.28. The summed E-state index contributed by atoms with van der Waals surface area (Å²) >= 11 is 0. The second-order valence-electron chi connectivity index (χ2n) is 4.41. The van der Waals surface area contributed by atoms with E-state index < -0.39 is 11.8 Å². The molecule has 4 heteroatoms. The molecule has 1 fully saturated rings. The van der Waals surface area contributed by atoms with Crippen LogP contribution in [0.15, 0.2) is 0 Å². The zero-order chi connectivity index (χ0) is 11.0. The summed E-state index contributed by atoms with van der Waals surface area (Å²) in [5.74, 6) is 0.120. The Morgan fingerprint density at radius 3 is 1.86 bits per heavy atom. The lowest BCUT2D eigenvalue weighted by Crippen LogP contribution is -2.55. The fourth-order valence-electron chi connectivity index (χ4n) is 1.46. The van der Waals surface area contributed by atoms with Crippen LogP contribution < -0.4 is 0 Å². The molecule has 0 unspecified atom stereocenters. The van der Waals surface area contributed by atoms with E-state index in [1.54, 1.807) is 6.92 Å². The lowest BCUT2D eigenvalue weighted by molar-refractivity contribution is -0.318. The van der Waals surface area contributed by atoms with Crippen molar-refractivity contribution >= 4 is 0 Å². The monoisotopic (exact) mass is 210 g/mol. The van der Waals surface area contributed by atoms with Crippen molar-refractivity contribution in [2.24, 2.45) is 5.92 Å². The SMILES string of the molecule is CC(C)[C@@H](C)OC1(C(F)(F)F)CCC1. The van der Waals surface area contributed by atoms with Gasteiger partial charge in [0.1, 0.15) is 0 Å². The first kappa shape index (κ1) is 11.8. The van der Waals surface area contributed by atoms with E-state index in [2.05, 4.69) is 0 Å². The summed E-state index contributed by atoms with van der Waals surface area (Å²) in [4.78, 5) is 0. The van der Waals surface area contributed by atoms with E-state index in [0.29, 0.717) is 6.42 Å². The highest BCUT2D eigenvalue weighted by Gasteiger charge is 2.60. The standard InChI is InChI=1S/C10H17F3O/c1-7(2)8(3)14-9(5-4-6-9)10(11,12)13/h7-8H,4-6H2,1-3H3/t8-/m1/s1. The van der Waals surface area contributed by atoms with Crippen molar-refractivity contribution in [2.45, 2.75) is 57.9 Å². The summed E-state index contributed by atoms with van der Waals surface area (Å²) in [5, 5.41) is 0. The molecule has 1 rings (SSSR count). The number of rotatable bonds is 3. The molecule has 14 heavy (non-hydrogen) atoms. The van der Waals surface area contributed by atoms with Gasteiger partial charge in [0, 0.05) is 0 Å². The molecule has 0 aliphatic heterocycles. The Hall–Kier alpha value is -0.250. The predicted octanol–water partition coefficient (Wildman–Crippen LogP) is 3.53. The van der Waals surface area contributed by atoms with Gasteiger partial charge in [0.05, 0.1) is 6.10 Å². The lowest BCUT2D eigenvalue weighted by atomic mass is 9.79. The third-order valence-corrected chi connectivity index (χ3v) is 3.03. The molecule has 0 amide bonds. The van der Waals surface area contributed by atoms with Gasteiger partial charge in [-0.15, -0.1) is 0 Å². The molecule has 0 spiro atoms. The molecule has 0 aromatic carbocycles. The van der Waals surface area contributed by atoms with Gasteiger partial charge in [0.25, 0.3) is 0 Å². The van der Waals surface area contributed by atoms with Crippen LogP contribution in [0.3, 0.4) is 0 Å². The molecule has 0 aromatic rings. The fraction of sp³-hybridized carbons (Fsp3) is 1.00. The van der Waals surface area contributed by atoms with Gasteiger partial charge < -0.3 is 4.74 Å². The fourth-order valence-corrected chi connectivity index (χ4v) is 1.46. The molecule has 0 heterocycles. The maximum atomic E-state index is 12.7. The van der Waals surface area contributed by atoms with E-state index in [9.17, 15) is 13.2 Å². The third-order valence-electron chi connectivity index (χ3n) is 3.03. The van der Waals surface area contributed by atoms with Crippen molar-refractivity contribution in [2.75, 3.05) is 0 Å². The third kappa shape index (κ3) is 2.05. The largest absolute Gasteiger partial charge is 0.417 e. The van der Waals surface area contributed by atoms with Crippen LogP contribution in [0.1, 0.15) is 40.0 Å². The Bertz CT molecular complexity index is 194. The summed E-state index contributed by atoms with van der Waals surface area (Å²) in [6.07, 6.45) is -3.70. The molecule has 1 saturated carbocycles. The zero-order valence-corrected chi connectivity index (χ0v) is 8.82. The minimum Gasteiger partial charge on any atom is -0.362 e. The average Bonchev–Trinajstić information content (AvgIpc) is 1.93. The van der Waals surface area contributed by atoms with E-state index in [1.165, 1.54) is 0 Å². The van der Waals surface area contributed by atoms with Crippen LogP contribution in [0.25, 0.3) is 0 Å².